The van der Waals surface area contributed by atoms with Gasteiger partial charge in [0.25, 0.3) is 0 Å². The van der Waals surface area contributed by atoms with Gasteiger partial charge in [0.15, 0.2) is 11.5 Å². The smallest absolute Gasteiger partial charge is 0.179 e. The molecule has 0 amide bonds. The third-order valence-corrected chi connectivity index (χ3v) is 3.70. The van der Waals surface area contributed by atoms with Gasteiger partial charge in [-0.2, -0.15) is 0 Å². The molecule has 0 bridgehead atoms. The third-order valence-electron chi connectivity index (χ3n) is 3.42. The zero-order valence-corrected chi connectivity index (χ0v) is 15.8. The van der Waals surface area contributed by atoms with Crippen LogP contribution >= 0.6 is 24.0 Å². The normalized spacial score (nSPS) is 10.1. The number of hydrogen-bond donors (Lipinski definition) is 1. The first-order valence-corrected chi connectivity index (χ1v) is 8.45. The number of benzene rings is 2. The van der Waals surface area contributed by atoms with Gasteiger partial charge >= 0.3 is 0 Å². The van der Waals surface area contributed by atoms with Crippen LogP contribution in [0, 0.1) is 0 Å². The molecule has 0 spiro atoms. The van der Waals surface area contributed by atoms with Crippen LogP contribution in [-0.4, -0.2) is 19.8 Å². The van der Waals surface area contributed by atoms with E-state index in [0.29, 0.717) is 29.7 Å². The molecule has 0 aromatic heterocycles. The van der Waals surface area contributed by atoms with Crippen LogP contribution in [0.25, 0.3) is 0 Å². The summed E-state index contributed by atoms with van der Waals surface area (Å²) in [6.45, 7) is 6.70. The molecule has 3 nitrogen and oxygen atoms in total. The van der Waals surface area contributed by atoms with E-state index >= 15 is 0 Å². The molecule has 24 heavy (non-hydrogen) atoms. The monoisotopic (exact) mass is 369 g/mol. The summed E-state index contributed by atoms with van der Waals surface area (Å²) in [6.07, 6.45) is 1.00. The Kier molecular flexibility index (Phi) is 9.62. The van der Waals surface area contributed by atoms with Crippen molar-refractivity contribution >= 4 is 24.0 Å². The van der Waals surface area contributed by atoms with E-state index in [-0.39, 0.29) is 12.4 Å². The van der Waals surface area contributed by atoms with E-state index in [1.165, 1.54) is 5.56 Å². The first-order valence-electron chi connectivity index (χ1n) is 8.07. The first-order chi connectivity index (χ1) is 11.2. The first kappa shape index (κ1) is 20.6. The molecule has 2 aromatic rings. The van der Waals surface area contributed by atoms with Gasteiger partial charge in [0.2, 0.25) is 0 Å². The molecule has 0 saturated heterocycles. The van der Waals surface area contributed by atoms with Crippen molar-refractivity contribution in [2.24, 2.45) is 0 Å². The van der Waals surface area contributed by atoms with E-state index < -0.39 is 0 Å². The molecule has 0 unspecified atom stereocenters. The maximum absolute atomic E-state index is 6.32. The Morgan fingerprint density at radius 2 is 1.67 bits per heavy atom. The predicted octanol–water partition coefficient (Wildman–Crippen LogP) is 4.89. The second kappa shape index (κ2) is 11.2. The SMILES string of the molecule is CCOc1cc(CNCCc2ccccc2)cc(Cl)c1OCC.Cl. The third kappa shape index (κ3) is 6.23. The van der Waals surface area contributed by atoms with Gasteiger partial charge in [-0.1, -0.05) is 41.9 Å². The lowest BCUT2D eigenvalue weighted by atomic mass is 10.1. The van der Waals surface area contributed by atoms with Crippen LogP contribution in [0.1, 0.15) is 25.0 Å². The van der Waals surface area contributed by atoms with Crippen molar-refractivity contribution in [3.63, 3.8) is 0 Å². The average Bonchev–Trinajstić information content (AvgIpc) is 2.56. The molecule has 5 heteroatoms. The van der Waals surface area contributed by atoms with E-state index in [4.69, 9.17) is 21.1 Å². The molecule has 0 saturated carbocycles. The number of nitrogens with one attached hydrogen (secondary N) is 1. The summed E-state index contributed by atoms with van der Waals surface area (Å²) >= 11 is 6.32. The lowest BCUT2D eigenvalue weighted by molar-refractivity contribution is 0.287. The molecule has 0 fully saturated rings. The molecular formula is C19H25Cl2NO2. The molecule has 132 valence electrons. The van der Waals surface area contributed by atoms with Crippen LogP contribution in [0.15, 0.2) is 42.5 Å². The van der Waals surface area contributed by atoms with Crippen LogP contribution in [0.4, 0.5) is 0 Å². The Morgan fingerprint density at radius 1 is 0.958 bits per heavy atom. The van der Waals surface area contributed by atoms with E-state index in [2.05, 4.69) is 29.6 Å². The van der Waals surface area contributed by atoms with Gasteiger partial charge in [0, 0.05) is 6.54 Å². The predicted molar refractivity (Wildman–Crippen MR) is 103 cm³/mol. The molecule has 0 atom stereocenters. The van der Waals surface area contributed by atoms with E-state index in [1.807, 2.05) is 32.0 Å². The van der Waals surface area contributed by atoms with Gasteiger partial charge in [0.1, 0.15) is 0 Å². The Labute approximate surface area is 155 Å². The highest BCUT2D eigenvalue weighted by Crippen LogP contribution is 2.36. The number of ether oxygens (including phenoxy) is 2. The van der Waals surface area contributed by atoms with Crippen molar-refractivity contribution < 1.29 is 9.47 Å². The van der Waals surface area contributed by atoms with Gasteiger partial charge in [0.05, 0.1) is 18.2 Å². The maximum atomic E-state index is 6.32. The Morgan fingerprint density at radius 3 is 2.33 bits per heavy atom. The van der Waals surface area contributed by atoms with E-state index in [1.54, 1.807) is 0 Å². The molecular weight excluding hydrogens is 345 g/mol. The highest BCUT2D eigenvalue weighted by molar-refractivity contribution is 6.32. The van der Waals surface area contributed by atoms with Crippen molar-refractivity contribution in [1.29, 1.82) is 0 Å². The summed E-state index contributed by atoms with van der Waals surface area (Å²) < 4.78 is 11.2. The lowest BCUT2D eigenvalue weighted by Crippen LogP contribution is -2.16. The molecule has 0 heterocycles. The highest BCUT2D eigenvalue weighted by Gasteiger charge is 2.12. The number of hydrogen-bond acceptors (Lipinski definition) is 3. The van der Waals surface area contributed by atoms with Crippen molar-refractivity contribution in [2.45, 2.75) is 26.8 Å². The second-order valence-corrected chi connectivity index (χ2v) is 5.59. The fourth-order valence-electron chi connectivity index (χ4n) is 2.38. The standard InChI is InChI=1S/C19H24ClNO2.ClH/c1-3-22-18-13-16(12-17(20)19(18)23-4-2)14-21-11-10-15-8-6-5-7-9-15;/h5-9,12-13,21H,3-4,10-11,14H2,1-2H3;1H. The largest absolute Gasteiger partial charge is 0.490 e. The summed E-state index contributed by atoms with van der Waals surface area (Å²) in [5.41, 5.74) is 2.43. The highest BCUT2D eigenvalue weighted by atomic mass is 35.5. The number of rotatable bonds is 9. The zero-order valence-electron chi connectivity index (χ0n) is 14.2. The molecule has 0 aliphatic heterocycles. The Bertz CT molecular complexity index is 606. The van der Waals surface area contributed by atoms with Crippen LogP contribution in [-0.2, 0) is 13.0 Å². The van der Waals surface area contributed by atoms with Crippen molar-refractivity contribution in [3.8, 4) is 11.5 Å². The molecule has 0 aliphatic rings. The van der Waals surface area contributed by atoms with Crippen molar-refractivity contribution in [2.75, 3.05) is 19.8 Å². The maximum Gasteiger partial charge on any atom is 0.179 e. The zero-order chi connectivity index (χ0) is 16.5. The van der Waals surface area contributed by atoms with Gasteiger partial charge in [-0.3, -0.25) is 0 Å². The van der Waals surface area contributed by atoms with Gasteiger partial charge in [-0.15, -0.1) is 12.4 Å². The minimum absolute atomic E-state index is 0. The Balaban J connectivity index is 0.00000288. The molecule has 1 N–H and O–H groups in total. The lowest BCUT2D eigenvalue weighted by Gasteiger charge is -2.14. The molecule has 2 aromatic carbocycles. The molecule has 0 aliphatic carbocycles. The summed E-state index contributed by atoms with van der Waals surface area (Å²) in [4.78, 5) is 0. The van der Waals surface area contributed by atoms with Crippen LogP contribution < -0.4 is 14.8 Å². The average molecular weight is 370 g/mol. The molecule has 0 radical (unpaired) electrons. The van der Waals surface area contributed by atoms with Gasteiger partial charge in [-0.25, -0.2) is 0 Å². The molecule has 2 rings (SSSR count). The summed E-state index contributed by atoms with van der Waals surface area (Å²) in [7, 11) is 0. The minimum atomic E-state index is 0. The van der Waals surface area contributed by atoms with Gasteiger partial charge in [-0.05, 0) is 50.1 Å². The number of halogens is 2. The van der Waals surface area contributed by atoms with Crippen LogP contribution in [0.5, 0.6) is 11.5 Å². The van der Waals surface area contributed by atoms with E-state index in [9.17, 15) is 0 Å². The Hall–Kier alpha value is -1.42. The van der Waals surface area contributed by atoms with Gasteiger partial charge < -0.3 is 14.8 Å². The van der Waals surface area contributed by atoms with Crippen molar-refractivity contribution in [1.82, 2.24) is 5.32 Å². The fourth-order valence-corrected chi connectivity index (χ4v) is 2.67. The second-order valence-electron chi connectivity index (χ2n) is 5.18. The van der Waals surface area contributed by atoms with E-state index in [0.717, 1.165) is 25.1 Å². The minimum Gasteiger partial charge on any atom is -0.490 e. The quantitative estimate of drug-likeness (QED) is 0.638. The van der Waals surface area contributed by atoms with Crippen LogP contribution in [0.3, 0.4) is 0 Å². The topological polar surface area (TPSA) is 30.5 Å². The summed E-state index contributed by atoms with van der Waals surface area (Å²) in [6, 6.07) is 14.4. The summed E-state index contributed by atoms with van der Waals surface area (Å²) in [5, 5.41) is 4.04. The fraction of sp³-hybridized carbons (Fsp3) is 0.368. The summed E-state index contributed by atoms with van der Waals surface area (Å²) in [5.74, 6) is 1.34. The van der Waals surface area contributed by atoms with Crippen molar-refractivity contribution in [3.05, 3.63) is 58.6 Å². The van der Waals surface area contributed by atoms with Crippen LogP contribution in [0.2, 0.25) is 5.02 Å².